The molecule has 2 heterocycles. The first-order valence-electron chi connectivity index (χ1n) is 6.94. The predicted molar refractivity (Wildman–Crippen MR) is 81.4 cm³/mol. The van der Waals surface area contributed by atoms with E-state index >= 15 is 0 Å². The van der Waals surface area contributed by atoms with Crippen molar-refractivity contribution in [3.8, 4) is 11.4 Å². The van der Waals surface area contributed by atoms with Gasteiger partial charge in [0, 0.05) is 10.0 Å². The largest absolute Gasteiger partial charge is 0.337 e. The van der Waals surface area contributed by atoms with E-state index in [2.05, 4.69) is 51.3 Å². The summed E-state index contributed by atoms with van der Waals surface area (Å²) in [5.41, 5.74) is 1.96. The number of piperidine rings is 1. The molecule has 1 aliphatic rings. The fourth-order valence-corrected chi connectivity index (χ4v) is 3.15. The number of benzene rings is 1. The molecule has 0 bridgehead atoms. The Labute approximate surface area is 127 Å². The smallest absolute Gasteiger partial charge is 0.246 e. The maximum atomic E-state index is 5.51. The lowest BCUT2D eigenvalue weighted by Gasteiger charge is -2.31. The Kier molecular flexibility index (Phi) is 3.65. The topological polar surface area (TPSA) is 51.0 Å². The Bertz CT molecular complexity index is 617. The minimum absolute atomic E-state index is 0.188. The summed E-state index contributed by atoms with van der Waals surface area (Å²) >= 11 is 3.47. The van der Waals surface area contributed by atoms with Gasteiger partial charge in [0.2, 0.25) is 11.7 Å². The lowest BCUT2D eigenvalue weighted by Crippen LogP contribution is -2.43. The number of hydrogen-bond donors (Lipinski definition) is 1. The van der Waals surface area contributed by atoms with E-state index in [0.717, 1.165) is 28.6 Å². The first kappa shape index (κ1) is 13.8. The molecule has 0 amide bonds. The van der Waals surface area contributed by atoms with E-state index in [1.54, 1.807) is 0 Å². The maximum Gasteiger partial charge on any atom is 0.246 e. The van der Waals surface area contributed by atoms with Crippen LogP contribution in [0.3, 0.4) is 0 Å². The second-order valence-electron chi connectivity index (χ2n) is 5.60. The summed E-state index contributed by atoms with van der Waals surface area (Å²) in [4.78, 5) is 4.61. The third-order valence-corrected chi connectivity index (χ3v) is 4.44. The predicted octanol–water partition coefficient (Wildman–Crippen LogP) is 3.80. The van der Waals surface area contributed by atoms with Gasteiger partial charge >= 0.3 is 0 Å². The van der Waals surface area contributed by atoms with Crippen LogP contribution in [0.25, 0.3) is 11.4 Å². The molecule has 20 heavy (non-hydrogen) atoms. The molecule has 3 rings (SSSR count). The third-order valence-electron chi connectivity index (χ3n) is 3.95. The van der Waals surface area contributed by atoms with Crippen LogP contribution in [0.15, 0.2) is 27.2 Å². The number of aromatic nitrogens is 2. The van der Waals surface area contributed by atoms with Gasteiger partial charge in [-0.3, -0.25) is 0 Å². The van der Waals surface area contributed by atoms with Gasteiger partial charge in [-0.2, -0.15) is 4.98 Å². The average Bonchev–Trinajstić information content (AvgIpc) is 2.90. The highest BCUT2D eigenvalue weighted by Gasteiger charge is 2.34. The number of hydrogen-bond acceptors (Lipinski definition) is 4. The number of halogens is 1. The highest BCUT2D eigenvalue weighted by atomic mass is 79.9. The Morgan fingerprint density at radius 1 is 1.35 bits per heavy atom. The van der Waals surface area contributed by atoms with Crippen LogP contribution in [0, 0.1) is 6.92 Å². The second kappa shape index (κ2) is 5.30. The van der Waals surface area contributed by atoms with Gasteiger partial charge in [-0.15, -0.1) is 0 Å². The van der Waals surface area contributed by atoms with Gasteiger partial charge in [-0.05, 0) is 63.4 Å². The molecule has 1 aliphatic heterocycles. The minimum atomic E-state index is -0.188. The molecule has 4 nitrogen and oxygen atoms in total. The zero-order chi connectivity index (χ0) is 14.2. The summed E-state index contributed by atoms with van der Waals surface area (Å²) in [6.07, 6.45) is 3.44. The second-order valence-corrected chi connectivity index (χ2v) is 6.51. The SMILES string of the molecule is Cc1cc(Br)ccc1-c1noc(C2(C)CCCCN2)n1. The molecule has 5 heteroatoms. The van der Waals surface area contributed by atoms with E-state index in [1.165, 1.54) is 12.8 Å². The fourth-order valence-electron chi connectivity index (χ4n) is 2.67. The van der Waals surface area contributed by atoms with Crippen molar-refractivity contribution in [1.82, 2.24) is 15.5 Å². The standard InChI is InChI=1S/C15H18BrN3O/c1-10-9-11(16)5-6-12(10)13-18-14(20-19-13)15(2)7-3-4-8-17-15/h5-6,9,17H,3-4,7-8H2,1-2H3. The molecule has 1 fully saturated rings. The van der Waals surface area contributed by atoms with Crippen LogP contribution in [0.1, 0.15) is 37.6 Å². The van der Waals surface area contributed by atoms with Crippen molar-refractivity contribution in [2.24, 2.45) is 0 Å². The summed E-state index contributed by atoms with van der Waals surface area (Å²) in [5, 5.41) is 7.65. The van der Waals surface area contributed by atoms with Crippen molar-refractivity contribution in [3.63, 3.8) is 0 Å². The van der Waals surface area contributed by atoms with E-state index < -0.39 is 0 Å². The first-order valence-corrected chi connectivity index (χ1v) is 7.73. The van der Waals surface area contributed by atoms with Crippen LogP contribution in [0.2, 0.25) is 0 Å². The van der Waals surface area contributed by atoms with Crippen molar-refractivity contribution < 1.29 is 4.52 Å². The van der Waals surface area contributed by atoms with Crippen LogP contribution in [-0.2, 0) is 5.54 Å². The van der Waals surface area contributed by atoms with Gasteiger partial charge in [0.05, 0.1) is 5.54 Å². The lowest BCUT2D eigenvalue weighted by molar-refractivity contribution is 0.207. The van der Waals surface area contributed by atoms with Gasteiger partial charge in [0.15, 0.2) is 0 Å². The van der Waals surface area contributed by atoms with Gasteiger partial charge in [-0.25, -0.2) is 0 Å². The fraction of sp³-hybridized carbons (Fsp3) is 0.467. The summed E-state index contributed by atoms with van der Waals surface area (Å²) in [6.45, 7) is 5.19. The quantitative estimate of drug-likeness (QED) is 0.906. The van der Waals surface area contributed by atoms with E-state index in [-0.39, 0.29) is 5.54 Å². The van der Waals surface area contributed by atoms with Crippen LogP contribution < -0.4 is 5.32 Å². The molecule has 0 aliphatic carbocycles. The molecule has 0 saturated carbocycles. The highest BCUT2D eigenvalue weighted by Crippen LogP contribution is 2.31. The zero-order valence-corrected chi connectivity index (χ0v) is 13.3. The molecule has 1 saturated heterocycles. The normalized spacial score (nSPS) is 22.9. The number of aryl methyl sites for hydroxylation is 1. The van der Waals surface area contributed by atoms with E-state index in [1.807, 2.05) is 12.1 Å². The molecule has 1 atom stereocenters. The number of rotatable bonds is 2. The molecular formula is C15H18BrN3O. The highest BCUT2D eigenvalue weighted by molar-refractivity contribution is 9.10. The molecule has 0 spiro atoms. The van der Waals surface area contributed by atoms with Crippen LogP contribution >= 0.6 is 15.9 Å². The first-order chi connectivity index (χ1) is 9.58. The van der Waals surface area contributed by atoms with Crippen molar-refractivity contribution in [2.45, 2.75) is 38.6 Å². The molecule has 0 radical (unpaired) electrons. The van der Waals surface area contributed by atoms with Gasteiger partial charge in [-0.1, -0.05) is 21.1 Å². The lowest BCUT2D eigenvalue weighted by atomic mass is 9.91. The zero-order valence-electron chi connectivity index (χ0n) is 11.7. The molecule has 1 aromatic heterocycles. The summed E-state index contributed by atoms with van der Waals surface area (Å²) in [7, 11) is 0. The van der Waals surface area contributed by atoms with Crippen molar-refractivity contribution in [3.05, 3.63) is 34.1 Å². The maximum absolute atomic E-state index is 5.51. The van der Waals surface area contributed by atoms with Crippen LogP contribution in [0.5, 0.6) is 0 Å². The molecule has 1 unspecified atom stereocenters. The van der Waals surface area contributed by atoms with E-state index in [0.29, 0.717) is 11.7 Å². The third kappa shape index (κ3) is 2.52. The monoisotopic (exact) mass is 335 g/mol. The van der Waals surface area contributed by atoms with Crippen LogP contribution in [-0.4, -0.2) is 16.7 Å². The molecule has 106 valence electrons. The summed E-state index contributed by atoms with van der Waals surface area (Å²) in [6, 6.07) is 6.08. The van der Waals surface area contributed by atoms with E-state index in [9.17, 15) is 0 Å². The summed E-state index contributed by atoms with van der Waals surface area (Å²) < 4.78 is 6.57. The molecular weight excluding hydrogens is 318 g/mol. The minimum Gasteiger partial charge on any atom is -0.337 e. The van der Waals surface area contributed by atoms with Crippen molar-refractivity contribution >= 4 is 15.9 Å². The molecule has 1 aromatic carbocycles. The van der Waals surface area contributed by atoms with Gasteiger partial charge in [0.25, 0.3) is 0 Å². The summed E-state index contributed by atoms with van der Waals surface area (Å²) in [5.74, 6) is 1.35. The Hall–Kier alpha value is -1.20. The average molecular weight is 336 g/mol. The number of nitrogens with zero attached hydrogens (tertiary/aromatic N) is 2. The van der Waals surface area contributed by atoms with Crippen LogP contribution in [0.4, 0.5) is 0 Å². The Morgan fingerprint density at radius 2 is 2.20 bits per heavy atom. The molecule has 2 aromatic rings. The van der Waals surface area contributed by atoms with Crippen molar-refractivity contribution in [1.29, 1.82) is 0 Å². The Balaban J connectivity index is 1.93. The van der Waals surface area contributed by atoms with Gasteiger partial charge < -0.3 is 9.84 Å². The van der Waals surface area contributed by atoms with Crippen molar-refractivity contribution in [2.75, 3.05) is 6.54 Å². The molecule has 1 N–H and O–H groups in total. The van der Waals surface area contributed by atoms with Gasteiger partial charge in [0.1, 0.15) is 0 Å². The number of nitrogens with one attached hydrogen (secondary N) is 1. The van der Waals surface area contributed by atoms with E-state index in [4.69, 9.17) is 4.52 Å². The Morgan fingerprint density at radius 3 is 2.90 bits per heavy atom.